The number of halogens is 2. The molecular weight excluding hydrogens is 313 g/mol. The number of nitrogens with two attached hydrogens (primary N) is 1. The Hall–Kier alpha value is -1.07. The highest BCUT2D eigenvalue weighted by Gasteiger charge is 2.16. The van der Waals surface area contributed by atoms with Gasteiger partial charge in [0.05, 0.1) is 21.4 Å². The molecule has 0 unspecified atom stereocenters. The van der Waals surface area contributed by atoms with Crippen molar-refractivity contribution < 1.29 is 0 Å². The van der Waals surface area contributed by atoms with Crippen LogP contribution in [-0.4, -0.2) is 15.9 Å². The van der Waals surface area contributed by atoms with Gasteiger partial charge in [-0.15, -0.1) is 11.3 Å². The van der Waals surface area contributed by atoms with Gasteiger partial charge in [-0.1, -0.05) is 29.3 Å². The van der Waals surface area contributed by atoms with E-state index in [-0.39, 0.29) is 0 Å². The Morgan fingerprint density at radius 3 is 2.80 bits per heavy atom. The van der Waals surface area contributed by atoms with Crippen LogP contribution in [0.2, 0.25) is 10.0 Å². The summed E-state index contributed by atoms with van der Waals surface area (Å²) in [6, 6.07) is 5.59. The van der Waals surface area contributed by atoms with E-state index >= 15 is 0 Å². The lowest BCUT2D eigenvalue weighted by Crippen LogP contribution is -2.06. The number of aryl methyl sites for hydroxylation is 1. The molecule has 20 heavy (non-hydrogen) atoms. The minimum Gasteiger partial charge on any atom is -0.330 e. The summed E-state index contributed by atoms with van der Waals surface area (Å²) in [6.07, 6.45) is 0.772. The van der Waals surface area contributed by atoms with Crippen LogP contribution in [0.3, 0.4) is 0 Å². The van der Waals surface area contributed by atoms with Gasteiger partial charge in [0.2, 0.25) is 0 Å². The summed E-state index contributed by atoms with van der Waals surface area (Å²) in [4.78, 5) is 5.70. The van der Waals surface area contributed by atoms with Crippen molar-refractivity contribution in [2.75, 3.05) is 6.54 Å². The van der Waals surface area contributed by atoms with Gasteiger partial charge in [0, 0.05) is 23.1 Å². The fourth-order valence-electron chi connectivity index (χ4n) is 2.31. The summed E-state index contributed by atoms with van der Waals surface area (Å²) in [7, 11) is 0. The van der Waals surface area contributed by atoms with Crippen LogP contribution in [0.25, 0.3) is 16.2 Å². The molecule has 0 saturated carbocycles. The van der Waals surface area contributed by atoms with Gasteiger partial charge in [0.1, 0.15) is 0 Å². The average Bonchev–Trinajstić information content (AvgIpc) is 2.95. The van der Waals surface area contributed by atoms with E-state index in [1.165, 1.54) is 5.69 Å². The third-order valence-electron chi connectivity index (χ3n) is 3.20. The van der Waals surface area contributed by atoms with E-state index in [9.17, 15) is 0 Å². The molecule has 0 saturated heterocycles. The van der Waals surface area contributed by atoms with Crippen LogP contribution < -0.4 is 5.73 Å². The van der Waals surface area contributed by atoms with Gasteiger partial charge in [0.15, 0.2) is 4.96 Å². The fourth-order valence-corrected chi connectivity index (χ4v) is 3.49. The molecule has 0 amide bonds. The lowest BCUT2D eigenvalue weighted by molar-refractivity contribution is 0.898. The van der Waals surface area contributed by atoms with Crippen LogP contribution in [0.1, 0.15) is 11.4 Å². The largest absolute Gasteiger partial charge is 0.330 e. The van der Waals surface area contributed by atoms with Gasteiger partial charge >= 0.3 is 0 Å². The first kappa shape index (κ1) is 13.9. The van der Waals surface area contributed by atoms with Gasteiger partial charge in [0.25, 0.3) is 0 Å². The molecule has 3 nitrogen and oxygen atoms in total. The van der Waals surface area contributed by atoms with Gasteiger partial charge < -0.3 is 5.73 Å². The Kier molecular flexibility index (Phi) is 3.73. The lowest BCUT2D eigenvalue weighted by Gasteiger charge is -2.05. The minimum absolute atomic E-state index is 0.538. The van der Waals surface area contributed by atoms with Gasteiger partial charge in [-0.2, -0.15) is 0 Å². The second kappa shape index (κ2) is 5.37. The number of nitrogens with zero attached hydrogens (tertiary/aromatic N) is 2. The van der Waals surface area contributed by atoms with Crippen LogP contribution >= 0.6 is 34.5 Å². The molecule has 3 aromatic rings. The number of rotatable bonds is 3. The number of hydrogen-bond donors (Lipinski definition) is 1. The van der Waals surface area contributed by atoms with Crippen molar-refractivity contribution in [2.24, 2.45) is 5.73 Å². The molecule has 0 radical (unpaired) electrons. The van der Waals surface area contributed by atoms with Crippen molar-refractivity contribution in [1.29, 1.82) is 0 Å². The second-order valence-electron chi connectivity index (χ2n) is 4.57. The second-order valence-corrected chi connectivity index (χ2v) is 6.22. The molecule has 104 valence electrons. The number of fused-ring (bicyclic) bond motifs is 1. The monoisotopic (exact) mass is 325 g/mol. The molecule has 0 spiro atoms. The Labute approximate surface area is 131 Å². The Bertz CT molecular complexity index is 776. The van der Waals surface area contributed by atoms with E-state index in [1.807, 2.05) is 12.1 Å². The third-order valence-corrected chi connectivity index (χ3v) is 4.89. The topological polar surface area (TPSA) is 43.3 Å². The standard InChI is InChI=1S/C14H13Cl2N3S/c1-8-7-20-14-18-13(12(4-5-17)19(8)14)9-2-3-10(15)11(16)6-9/h2-3,6-7H,4-5,17H2,1H3. The van der Waals surface area contributed by atoms with Gasteiger partial charge in [-0.3, -0.25) is 4.40 Å². The number of hydrogen-bond acceptors (Lipinski definition) is 3. The van der Waals surface area contributed by atoms with Crippen LogP contribution in [0.4, 0.5) is 0 Å². The predicted molar refractivity (Wildman–Crippen MR) is 86.0 cm³/mol. The summed E-state index contributed by atoms with van der Waals surface area (Å²) < 4.78 is 2.16. The molecule has 1 aromatic carbocycles. The summed E-state index contributed by atoms with van der Waals surface area (Å²) in [5, 5.41) is 3.19. The number of imidazole rings is 1. The molecule has 0 aliphatic carbocycles. The molecule has 2 N–H and O–H groups in total. The zero-order valence-corrected chi connectivity index (χ0v) is 13.2. The number of aromatic nitrogens is 2. The normalized spacial score (nSPS) is 11.4. The Morgan fingerprint density at radius 1 is 1.30 bits per heavy atom. The highest BCUT2D eigenvalue weighted by molar-refractivity contribution is 7.15. The highest BCUT2D eigenvalue weighted by atomic mass is 35.5. The zero-order valence-electron chi connectivity index (χ0n) is 10.9. The Morgan fingerprint density at radius 2 is 2.10 bits per heavy atom. The molecule has 0 atom stereocenters. The third kappa shape index (κ3) is 2.23. The predicted octanol–water partition coefficient (Wildman–Crippen LogP) is 4.18. The van der Waals surface area contributed by atoms with Crippen molar-refractivity contribution in [3.05, 3.63) is 45.0 Å². The van der Waals surface area contributed by atoms with Crippen molar-refractivity contribution in [3.63, 3.8) is 0 Å². The highest BCUT2D eigenvalue weighted by Crippen LogP contribution is 2.32. The quantitative estimate of drug-likeness (QED) is 0.785. The average molecular weight is 326 g/mol. The van der Waals surface area contributed by atoms with E-state index in [2.05, 4.69) is 16.7 Å². The smallest absolute Gasteiger partial charge is 0.194 e. The molecule has 0 fully saturated rings. The van der Waals surface area contributed by atoms with Gasteiger partial charge in [-0.25, -0.2) is 4.98 Å². The maximum absolute atomic E-state index is 6.11. The van der Waals surface area contributed by atoms with E-state index < -0.39 is 0 Å². The molecule has 2 heterocycles. The van der Waals surface area contributed by atoms with Crippen LogP contribution in [0.15, 0.2) is 23.6 Å². The summed E-state index contributed by atoms with van der Waals surface area (Å²) in [6.45, 7) is 2.65. The van der Waals surface area contributed by atoms with E-state index in [0.29, 0.717) is 16.6 Å². The van der Waals surface area contributed by atoms with Crippen molar-refractivity contribution in [2.45, 2.75) is 13.3 Å². The van der Waals surface area contributed by atoms with E-state index in [4.69, 9.17) is 33.9 Å². The molecule has 2 aromatic heterocycles. The van der Waals surface area contributed by atoms with Crippen LogP contribution in [-0.2, 0) is 6.42 Å². The SMILES string of the molecule is Cc1csc2nc(-c3ccc(Cl)c(Cl)c3)c(CCN)n12. The van der Waals surface area contributed by atoms with Crippen molar-refractivity contribution >= 4 is 39.5 Å². The first-order chi connectivity index (χ1) is 9.61. The number of thiazole rings is 1. The minimum atomic E-state index is 0.538. The summed E-state index contributed by atoms with van der Waals surface area (Å²) in [5.41, 5.74) is 9.95. The van der Waals surface area contributed by atoms with Gasteiger partial charge in [-0.05, 0) is 25.6 Å². The number of benzene rings is 1. The molecule has 0 aliphatic heterocycles. The lowest BCUT2D eigenvalue weighted by atomic mass is 10.1. The fraction of sp³-hybridized carbons (Fsp3) is 0.214. The molecule has 0 bridgehead atoms. The molecule has 0 aliphatic rings. The maximum Gasteiger partial charge on any atom is 0.194 e. The van der Waals surface area contributed by atoms with Crippen LogP contribution in [0, 0.1) is 6.92 Å². The summed E-state index contributed by atoms with van der Waals surface area (Å²) in [5.74, 6) is 0. The zero-order chi connectivity index (χ0) is 14.3. The molecular formula is C14H13Cl2N3S. The first-order valence-corrected chi connectivity index (χ1v) is 7.86. The van der Waals surface area contributed by atoms with Crippen molar-refractivity contribution in [3.8, 4) is 11.3 Å². The van der Waals surface area contributed by atoms with E-state index in [0.717, 1.165) is 28.3 Å². The first-order valence-electron chi connectivity index (χ1n) is 6.22. The van der Waals surface area contributed by atoms with Crippen LogP contribution in [0.5, 0.6) is 0 Å². The van der Waals surface area contributed by atoms with E-state index in [1.54, 1.807) is 17.4 Å². The van der Waals surface area contributed by atoms with Crippen molar-refractivity contribution in [1.82, 2.24) is 9.38 Å². The maximum atomic E-state index is 6.11. The Balaban J connectivity index is 2.23. The molecule has 6 heteroatoms. The summed E-state index contributed by atoms with van der Waals surface area (Å²) >= 11 is 13.7. The molecule has 3 rings (SSSR count).